The molecular formula is C16H22N4O2. The Bertz CT molecular complexity index is 562. The molecule has 0 aliphatic carbocycles. The van der Waals surface area contributed by atoms with Gasteiger partial charge in [0.1, 0.15) is 6.07 Å². The SMILES string of the molecule is CCN(CC)C(=O)CN(C)CC(=O)Nc1ccccc1C#N. The molecule has 1 N–H and O–H groups in total. The molecule has 0 unspecified atom stereocenters. The van der Waals surface area contributed by atoms with Crippen LogP contribution in [-0.2, 0) is 9.59 Å². The van der Waals surface area contributed by atoms with Gasteiger partial charge in [-0.25, -0.2) is 0 Å². The lowest BCUT2D eigenvalue weighted by Gasteiger charge is -2.22. The first kappa shape index (κ1) is 17.7. The largest absolute Gasteiger partial charge is 0.342 e. The molecular weight excluding hydrogens is 280 g/mol. The summed E-state index contributed by atoms with van der Waals surface area (Å²) in [6, 6.07) is 8.84. The summed E-state index contributed by atoms with van der Waals surface area (Å²) in [6.45, 7) is 5.44. The summed E-state index contributed by atoms with van der Waals surface area (Å²) < 4.78 is 0. The number of rotatable bonds is 7. The van der Waals surface area contributed by atoms with Crippen LogP contribution < -0.4 is 5.32 Å². The van der Waals surface area contributed by atoms with Gasteiger partial charge >= 0.3 is 0 Å². The predicted molar refractivity (Wildman–Crippen MR) is 85.2 cm³/mol. The molecule has 0 radical (unpaired) electrons. The number of carbonyl (C=O) groups excluding carboxylic acids is 2. The summed E-state index contributed by atoms with van der Waals surface area (Å²) in [6.07, 6.45) is 0. The molecule has 0 aromatic heterocycles. The van der Waals surface area contributed by atoms with Crippen LogP contribution in [0.25, 0.3) is 0 Å². The van der Waals surface area contributed by atoms with Gasteiger partial charge in [0.05, 0.1) is 24.3 Å². The first-order valence-corrected chi connectivity index (χ1v) is 7.27. The van der Waals surface area contributed by atoms with Crippen molar-refractivity contribution >= 4 is 17.5 Å². The molecule has 1 aromatic rings. The van der Waals surface area contributed by atoms with Crippen molar-refractivity contribution in [2.75, 3.05) is 38.5 Å². The summed E-state index contributed by atoms with van der Waals surface area (Å²) in [7, 11) is 1.72. The van der Waals surface area contributed by atoms with E-state index >= 15 is 0 Å². The van der Waals surface area contributed by atoms with Crippen molar-refractivity contribution in [1.29, 1.82) is 5.26 Å². The molecule has 2 amide bonds. The van der Waals surface area contributed by atoms with Crippen molar-refractivity contribution in [2.45, 2.75) is 13.8 Å². The molecule has 118 valence electrons. The van der Waals surface area contributed by atoms with Gasteiger partial charge in [-0.05, 0) is 33.0 Å². The van der Waals surface area contributed by atoms with Gasteiger partial charge in [0, 0.05) is 13.1 Å². The number of anilines is 1. The fourth-order valence-corrected chi connectivity index (χ4v) is 2.09. The number of carbonyl (C=O) groups is 2. The molecule has 0 spiro atoms. The van der Waals surface area contributed by atoms with E-state index in [1.54, 1.807) is 41.1 Å². The average molecular weight is 302 g/mol. The van der Waals surface area contributed by atoms with E-state index in [0.29, 0.717) is 24.3 Å². The number of benzene rings is 1. The molecule has 0 fully saturated rings. The molecule has 6 heteroatoms. The Morgan fingerprint density at radius 1 is 1.18 bits per heavy atom. The van der Waals surface area contributed by atoms with Crippen molar-refractivity contribution in [1.82, 2.24) is 9.80 Å². The van der Waals surface area contributed by atoms with Crippen LogP contribution in [0, 0.1) is 11.3 Å². The fraction of sp³-hybridized carbons (Fsp3) is 0.438. The topological polar surface area (TPSA) is 76.4 Å². The number of nitriles is 1. The van der Waals surface area contributed by atoms with Gasteiger partial charge in [0.15, 0.2) is 0 Å². The van der Waals surface area contributed by atoms with Crippen molar-refractivity contribution in [3.63, 3.8) is 0 Å². The quantitative estimate of drug-likeness (QED) is 0.823. The van der Waals surface area contributed by atoms with Gasteiger partial charge in [0.2, 0.25) is 11.8 Å². The van der Waals surface area contributed by atoms with Crippen LogP contribution in [0.5, 0.6) is 0 Å². The lowest BCUT2D eigenvalue weighted by Crippen LogP contribution is -2.41. The highest BCUT2D eigenvalue weighted by molar-refractivity contribution is 5.93. The van der Waals surface area contributed by atoms with E-state index < -0.39 is 0 Å². The van der Waals surface area contributed by atoms with Gasteiger partial charge in [-0.15, -0.1) is 0 Å². The maximum absolute atomic E-state index is 12.0. The fourth-order valence-electron chi connectivity index (χ4n) is 2.09. The van der Waals surface area contributed by atoms with Gasteiger partial charge in [-0.2, -0.15) is 5.26 Å². The van der Waals surface area contributed by atoms with Crippen molar-refractivity contribution in [3.05, 3.63) is 29.8 Å². The monoisotopic (exact) mass is 302 g/mol. The zero-order valence-corrected chi connectivity index (χ0v) is 13.3. The summed E-state index contributed by atoms with van der Waals surface area (Å²) in [4.78, 5) is 27.3. The predicted octanol–water partition coefficient (Wildman–Crippen LogP) is 1.30. The molecule has 0 bridgehead atoms. The van der Waals surface area contributed by atoms with Crippen molar-refractivity contribution < 1.29 is 9.59 Å². The molecule has 0 atom stereocenters. The highest BCUT2D eigenvalue weighted by atomic mass is 16.2. The third kappa shape index (κ3) is 5.19. The minimum absolute atomic E-state index is 0.00211. The Labute approximate surface area is 131 Å². The molecule has 0 saturated carbocycles. The van der Waals surface area contributed by atoms with Crippen molar-refractivity contribution in [2.24, 2.45) is 0 Å². The summed E-state index contributed by atoms with van der Waals surface area (Å²) in [5.74, 6) is -0.254. The van der Waals surface area contributed by atoms with E-state index in [-0.39, 0.29) is 24.9 Å². The molecule has 1 rings (SSSR count). The Hall–Kier alpha value is -2.39. The van der Waals surface area contributed by atoms with Gasteiger partial charge in [-0.3, -0.25) is 14.5 Å². The molecule has 0 aliphatic rings. The zero-order chi connectivity index (χ0) is 16.5. The Balaban J connectivity index is 2.55. The first-order chi connectivity index (χ1) is 10.5. The lowest BCUT2D eigenvalue weighted by molar-refractivity contribution is -0.132. The van der Waals surface area contributed by atoms with Crippen LogP contribution in [0.3, 0.4) is 0 Å². The van der Waals surface area contributed by atoms with E-state index in [1.807, 2.05) is 19.9 Å². The third-order valence-corrected chi connectivity index (χ3v) is 3.26. The molecule has 22 heavy (non-hydrogen) atoms. The second-order valence-corrected chi connectivity index (χ2v) is 4.94. The number of para-hydroxylation sites is 1. The highest BCUT2D eigenvalue weighted by Gasteiger charge is 2.15. The lowest BCUT2D eigenvalue weighted by atomic mass is 10.2. The van der Waals surface area contributed by atoms with E-state index in [2.05, 4.69) is 5.32 Å². The Kier molecular flexibility index (Phi) is 7.06. The number of amides is 2. The number of hydrogen-bond donors (Lipinski definition) is 1. The maximum atomic E-state index is 12.0. The van der Waals surface area contributed by atoms with Crippen LogP contribution in [0.4, 0.5) is 5.69 Å². The van der Waals surface area contributed by atoms with E-state index in [9.17, 15) is 9.59 Å². The van der Waals surface area contributed by atoms with Crippen LogP contribution in [0.1, 0.15) is 19.4 Å². The van der Waals surface area contributed by atoms with Gasteiger partial charge in [-0.1, -0.05) is 12.1 Å². The summed E-state index contributed by atoms with van der Waals surface area (Å²) in [5, 5.41) is 11.7. The average Bonchev–Trinajstić information content (AvgIpc) is 2.48. The van der Waals surface area contributed by atoms with Crippen molar-refractivity contribution in [3.8, 4) is 6.07 Å². The Morgan fingerprint density at radius 3 is 2.41 bits per heavy atom. The van der Waals surface area contributed by atoms with E-state index in [0.717, 1.165) is 0 Å². The smallest absolute Gasteiger partial charge is 0.238 e. The van der Waals surface area contributed by atoms with E-state index in [4.69, 9.17) is 5.26 Å². The van der Waals surface area contributed by atoms with Crippen LogP contribution in [0.2, 0.25) is 0 Å². The molecule has 1 aromatic carbocycles. The normalized spacial score (nSPS) is 10.1. The molecule has 6 nitrogen and oxygen atoms in total. The second-order valence-electron chi connectivity index (χ2n) is 4.94. The number of nitrogens with zero attached hydrogens (tertiary/aromatic N) is 3. The highest BCUT2D eigenvalue weighted by Crippen LogP contribution is 2.13. The second kappa shape index (κ2) is 8.80. The third-order valence-electron chi connectivity index (χ3n) is 3.26. The number of hydrogen-bond acceptors (Lipinski definition) is 4. The minimum atomic E-state index is -0.252. The standard InChI is InChI=1S/C16H22N4O2/c1-4-20(5-2)16(22)12-19(3)11-15(21)18-14-9-7-6-8-13(14)10-17/h6-9H,4-5,11-12H2,1-3H3,(H,18,21). The van der Waals surface area contributed by atoms with Crippen LogP contribution in [-0.4, -0.2) is 54.8 Å². The maximum Gasteiger partial charge on any atom is 0.238 e. The number of likely N-dealkylation sites (N-methyl/N-ethyl adjacent to an activating group) is 2. The number of nitrogens with one attached hydrogen (secondary N) is 1. The summed E-state index contributed by atoms with van der Waals surface area (Å²) >= 11 is 0. The van der Waals surface area contributed by atoms with E-state index in [1.165, 1.54) is 0 Å². The van der Waals surface area contributed by atoms with Gasteiger partial charge < -0.3 is 10.2 Å². The zero-order valence-electron chi connectivity index (χ0n) is 13.3. The minimum Gasteiger partial charge on any atom is -0.342 e. The summed E-state index contributed by atoms with van der Waals surface area (Å²) in [5.41, 5.74) is 0.899. The first-order valence-electron chi connectivity index (χ1n) is 7.27. The van der Waals surface area contributed by atoms with Crippen LogP contribution in [0.15, 0.2) is 24.3 Å². The Morgan fingerprint density at radius 2 is 1.82 bits per heavy atom. The molecule has 0 saturated heterocycles. The van der Waals surface area contributed by atoms with Gasteiger partial charge in [0.25, 0.3) is 0 Å². The molecule has 0 heterocycles. The molecule has 0 aliphatic heterocycles. The van der Waals surface area contributed by atoms with Crippen LogP contribution >= 0.6 is 0 Å².